The number of benzene rings is 2. The molecule has 2 aromatic rings. The molecule has 0 atom stereocenters. The molecule has 0 aliphatic heterocycles. The SMILES string of the molecule is O=C(F)c1ccc(C(F)(F)Oc2cc(F)c(F)c(F)c2)c(F)c1F. The van der Waals surface area contributed by atoms with Gasteiger partial charge in [0.15, 0.2) is 29.1 Å². The van der Waals surface area contributed by atoms with Crippen molar-refractivity contribution in [2.45, 2.75) is 6.11 Å². The summed E-state index contributed by atoms with van der Waals surface area (Å²) in [4.78, 5) is 10.4. The van der Waals surface area contributed by atoms with E-state index in [9.17, 15) is 39.9 Å². The second kappa shape index (κ2) is 6.10. The van der Waals surface area contributed by atoms with Crippen LogP contribution in [0.25, 0.3) is 0 Å². The molecule has 0 unspecified atom stereocenters. The molecule has 2 aromatic carbocycles. The fourth-order valence-corrected chi connectivity index (χ4v) is 1.72. The monoisotopic (exact) mass is 356 g/mol. The summed E-state index contributed by atoms with van der Waals surface area (Å²) in [5.41, 5.74) is -3.19. The third-order valence-electron chi connectivity index (χ3n) is 2.81. The van der Waals surface area contributed by atoms with Crippen LogP contribution in [0.2, 0.25) is 0 Å². The van der Waals surface area contributed by atoms with Crippen LogP contribution in [0.3, 0.4) is 0 Å². The Balaban J connectivity index is 2.44. The van der Waals surface area contributed by atoms with Crippen LogP contribution in [-0.2, 0) is 6.11 Å². The number of halogens is 8. The smallest absolute Gasteiger partial charge is 0.429 e. The summed E-state index contributed by atoms with van der Waals surface area (Å²) in [5, 5.41) is 0. The first-order chi connectivity index (χ1) is 11.0. The van der Waals surface area contributed by atoms with Crippen molar-refractivity contribution in [2.75, 3.05) is 0 Å². The van der Waals surface area contributed by atoms with Gasteiger partial charge in [-0.25, -0.2) is 22.0 Å². The maximum Gasteiger partial charge on any atom is 0.429 e. The van der Waals surface area contributed by atoms with Crippen molar-refractivity contribution in [3.05, 3.63) is 64.5 Å². The van der Waals surface area contributed by atoms with Gasteiger partial charge in [-0.05, 0) is 12.1 Å². The van der Waals surface area contributed by atoms with Gasteiger partial charge in [0.2, 0.25) is 0 Å². The number of hydrogen-bond donors (Lipinski definition) is 0. The molecule has 2 nitrogen and oxygen atoms in total. The lowest BCUT2D eigenvalue weighted by atomic mass is 10.1. The summed E-state index contributed by atoms with van der Waals surface area (Å²) in [5.74, 6) is -11.4. The Labute approximate surface area is 128 Å². The third kappa shape index (κ3) is 3.17. The highest BCUT2D eigenvalue weighted by atomic mass is 19.3. The van der Waals surface area contributed by atoms with E-state index in [2.05, 4.69) is 4.74 Å². The zero-order valence-corrected chi connectivity index (χ0v) is 11.1. The predicted molar refractivity (Wildman–Crippen MR) is 62.6 cm³/mol. The van der Waals surface area contributed by atoms with Gasteiger partial charge in [-0.1, -0.05) is 0 Å². The fourth-order valence-electron chi connectivity index (χ4n) is 1.72. The van der Waals surface area contributed by atoms with Crippen molar-refractivity contribution in [1.82, 2.24) is 0 Å². The number of alkyl halides is 2. The van der Waals surface area contributed by atoms with Crippen molar-refractivity contribution in [1.29, 1.82) is 0 Å². The standard InChI is InChI=1S/C14H4F8O2/c15-8-3-5(4-9(16)12(8)19)24-14(21,22)7-2-1-6(13(20)23)10(17)11(7)18/h1-4H. The van der Waals surface area contributed by atoms with Gasteiger partial charge in [0.05, 0.1) is 5.56 Å². The highest BCUT2D eigenvalue weighted by Gasteiger charge is 2.40. The van der Waals surface area contributed by atoms with Crippen LogP contribution < -0.4 is 4.74 Å². The fraction of sp³-hybridized carbons (Fsp3) is 0.0714. The molecule has 0 amide bonds. The van der Waals surface area contributed by atoms with Gasteiger partial charge >= 0.3 is 12.1 Å². The van der Waals surface area contributed by atoms with Crippen molar-refractivity contribution in [2.24, 2.45) is 0 Å². The van der Waals surface area contributed by atoms with Gasteiger partial charge in [-0.2, -0.15) is 13.2 Å². The highest BCUT2D eigenvalue weighted by molar-refractivity contribution is 5.88. The molecule has 24 heavy (non-hydrogen) atoms. The molecule has 0 heterocycles. The molecule has 10 heteroatoms. The molecule has 2 rings (SSSR count). The van der Waals surface area contributed by atoms with Crippen LogP contribution in [0, 0.1) is 29.1 Å². The summed E-state index contributed by atoms with van der Waals surface area (Å²) in [6.45, 7) is 0. The van der Waals surface area contributed by atoms with Crippen LogP contribution >= 0.6 is 0 Å². The second-order valence-electron chi connectivity index (χ2n) is 4.38. The summed E-state index contributed by atoms with van der Waals surface area (Å²) in [7, 11) is 0. The first kappa shape index (κ1) is 17.7. The molecule has 0 aliphatic rings. The normalized spacial score (nSPS) is 11.5. The van der Waals surface area contributed by atoms with E-state index >= 15 is 0 Å². The van der Waals surface area contributed by atoms with Gasteiger partial charge < -0.3 is 4.74 Å². The van der Waals surface area contributed by atoms with E-state index in [1.807, 2.05) is 0 Å². The lowest BCUT2D eigenvalue weighted by molar-refractivity contribution is -0.188. The maximum atomic E-state index is 13.8. The molecular weight excluding hydrogens is 352 g/mol. The molecule has 128 valence electrons. The van der Waals surface area contributed by atoms with Crippen LogP contribution in [0.4, 0.5) is 35.1 Å². The Morgan fingerprint density at radius 1 is 0.875 bits per heavy atom. The van der Waals surface area contributed by atoms with Crippen molar-refractivity contribution in [3.8, 4) is 5.75 Å². The predicted octanol–water partition coefficient (Wildman–Crippen LogP) is 4.62. The van der Waals surface area contributed by atoms with Gasteiger partial charge in [0.1, 0.15) is 11.3 Å². The zero-order chi connectivity index (χ0) is 18.2. The zero-order valence-electron chi connectivity index (χ0n) is 11.1. The van der Waals surface area contributed by atoms with E-state index in [0.717, 1.165) is 0 Å². The first-order valence-corrected chi connectivity index (χ1v) is 5.94. The summed E-state index contributed by atoms with van der Waals surface area (Å²) >= 11 is 0. The van der Waals surface area contributed by atoms with Crippen LogP contribution in [-0.4, -0.2) is 6.04 Å². The minimum Gasteiger partial charge on any atom is -0.429 e. The Morgan fingerprint density at radius 2 is 1.42 bits per heavy atom. The molecule has 0 N–H and O–H groups in total. The number of carbonyl (C=O) groups is 1. The van der Waals surface area contributed by atoms with Gasteiger partial charge in [0, 0.05) is 12.1 Å². The number of rotatable bonds is 4. The Morgan fingerprint density at radius 3 is 1.92 bits per heavy atom. The third-order valence-corrected chi connectivity index (χ3v) is 2.81. The van der Waals surface area contributed by atoms with Crippen LogP contribution in [0.15, 0.2) is 24.3 Å². The Kier molecular flexibility index (Phi) is 4.50. The lowest BCUT2D eigenvalue weighted by Gasteiger charge is -2.19. The maximum absolute atomic E-state index is 13.8. The van der Waals surface area contributed by atoms with Crippen LogP contribution in [0.5, 0.6) is 5.75 Å². The quantitative estimate of drug-likeness (QED) is 0.454. The molecule has 0 radical (unpaired) electrons. The van der Waals surface area contributed by atoms with E-state index < -0.39 is 58.1 Å². The van der Waals surface area contributed by atoms with Gasteiger partial charge in [-0.3, -0.25) is 4.79 Å². The average Bonchev–Trinajstić information content (AvgIpc) is 2.46. The van der Waals surface area contributed by atoms with Crippen molar-refractivity contribution in [3.63, 3.8) is 0 Å². The summed E-state index contributed by atoms with van der Waals surface area (Å²) in [6, 6.07) is -1.90. The lowest BCUT2D eigenvalue weighted by Crippen LogP contribution is -2.24. The molecular formula is C14H4F8O2. The van der Waals surface area contributed by atoms with Crippen LogP contribution in [0.1, 0.15) is 15.9 Å². The van der Waals surface area contributed by atoms with Gasteiger partial charge in [0.25, 0.3) is 0 Å². The highest BCUT2D eigenvalue weighted by Crippen LogP contribution is 2.35. The number of ether oxygens (including phenoxy) is 1. The number of carbonyl (C=O) groups excluding carboxylic acids is 1. The molecule has 0 bridgehead atoms. The molecule has 0 saturated carbocycles. The van der Waals surface area contributed by atoms with Gasteiger partial charge in [-0.15, -0.1) is 0 Å². The van der Waals surface area contributed by atoms with E-state index in [-0.39, 0.29) is 24.3 Å². The second-order valence-corrected chi connectivity index (χ2v) is 4.38. The molecule has 0 saturated heterocycles. The molecule has 0 fully saturated rings. The first-order valence-electron chi connectivity index (χ1n) is 5.94. The van der Waals surface area contributed by atoms with E-state index in [1.165, 1.54) is 0 Å². The van der Waals surface area contributed by atoms with E-state index in [0.29, 0.717) is 0 Å². The summed E-state index contributed by atoms with van der Waals surface area (Å²) in [6.07, 6.45) is -4.67. The minimum atomic E-state index is -4.67. The average molecular weight is 356 g/mol. The Hall–Kier alpha value is -2.65. The van der Waals surface area contributed by atoms with E-state index in [4.69, 9.17) is 0 Å². The molecule has 0 aromatic heterocycles. The number of hydrogen-bond acceptors (Lipinski definition) is 2. The summed E-state index contributed by atoms with van der Waals surface area (Å²) < 4.78 is 110. The largest absolute Gasteiger partial charge is 0.429 e. The van der Waals surface area contributed by atoms with Crippen molar-refractivity contribution >= 4 is 6.04 Å². The van der Waals surface area contributed by atoms with Crippen molar-refractivity contribution < 1.29 is 44.7 Å². The molecule has 0 aliphatic carbocycles. The minimum absolute atomic E-state index is 0.0556. The Bertz CT molecular complexity index is 796. The topological polar surface area (TPSA) is 26.3 Å². The molecule has 0 spiro atoms. The van der Waals surface area contributed by atoms with E-state index in [1.54, 1.807) is 0 Å².